The number of piperazine rings is 1. The lowest BCUT2D eigenvalue weighted by Gasteiger charge is -2.41. The fourth-order valence-electron chi connectivity index (χ4n) is 4.28. The summed E-state index contributed by atoms with van der Waals surface area (Å²) in [5, 5.41) is 2.79. The predicted octanol–water partition coefficient (Wildman–Crippen LogP) is 5.26. The van der Waals surface area contributed by atoms with Gasteiger partial charge >= 0.3 is 6.03 Å². The van der Waals surface area contributed by atoms with E-state index in [1.807, 2.05) is 49.4 Å². The van der Waals surface area contributed by atoms with E-state index in [0.717, 1.165) is 17.1 Å². The van der Waals surface area contributed by atoms with Crippen LogP contribution in [0.1, 0.15) is 12.5 Å². The van der Waals surface area contributed by atoms with Crippen LogP contribution in [0.4, 0.5) is 20.6 Å². The molecule has 0 saturated carbocycles. The normalized spacial score (nSPS) is 17.0. The van der Waals surface area contributed by atoms with Crippen LogP contribution in [0.5, 0.6) is 17.2 Å². The number of ether oxygens (including phenoxy) is 2. The maximum atomic E-state index is 13.5. The lowest BCUT2D eigenvalue weighted by atomic mass is 10.1. The smallest absolute Gasteiger partial charge is 0.322 e. The molecule has 0 spiro atoms. The van der Waals surface area contributed by atoms with Crippen molar-refractivity contribution in [3.8, 4) is 17.2 Å². The third-order valence-electron chi connectivity index (χ3n) is 6.00. The van der Waals surface area contributed by atoms with Crippen molar-refractivity contribution in [1.82, 2.24) is 9.80 Å². The number of para-hydroxylation sites is 2. The van der Waals surface area contributed by atoms with Crippen molar-refractivity contribution >= 4 is 23.2 Å². The number of urea groups is 1. The molecule has 0 radical (unpaired) electrons. The van der Waals surface area contributed by atoms with Gasteiger partial charge in [0.2, 0.25) is 0 Å². The lowest BCUT2D eigenvalue weighted by Crippen LogP contribution is -2.56. The molecule has 174 valence electrons. The molecule has 0 aromatic heterocycles. The van der Waals surface area contributed by atoms with Crippen LogP contribution in [0.15, 0.2) is 71.7 Å². The minimum atomic E-state index is -0.389. The SMILES string of the molecule is COc1ccc2c(c1)Oc1ccccc1N=C2N1CCN(C(=O)Nc2cccc(F)c2)[C@H](C)C1. The Kier molecular flexibility index (Phi) is 5.79. The Hall–Kier alpha value is -4.07. The summed E-state index contributed by atoms with van der Waals surface area (Å²) in [7, 11) is 1.62. The van der Waals surface area contributed by atoms with E-state index in [4.69, 9.17) is 14.5 Å². The summed E-state index contributed by atoms with van der Waals surface area (Å²) in [6.07, 6.45) is 0. The van der Waals surface area contributed by atoms with Crippen LogP contribution in [0.3, 0.4) is 0 Å². The standard InChI is InChI=1S/C26H25FN4O3/c1-17-16-30(12-13-31(17)26(32)28-19-7-5-6-18(27)14-19)25-21-11-10-20(33-2)15-24(21)34-23-9-4-3-8-22(23)29-25/h3-11,14-15,17H,12-13,16H2,1-2H3,(H,28,32)/t17-/m1/s1. The zero-order chi connectivity index (χ0) is 23.7. The van der Waals surface area contributed by atoms with Gasteiger partial charge in [-0.2, -0.15) is 0 Å². The molecule has 5 rings (SSSR count). The Bertz CT molecular complexity index is 1260. The Morgan fingerprint density at radius 3 is 2.74 bits per heavy atom. The first-order valence-electron chi connectivity index (χ1n) is 11.1. The third kappa shape index (κ3) is 4.26. The van der Waals surface area contributed by atoms with Crippen molar-refractivity contribution < 1.29 is 18.7 Å². The Labute approximate surface area is 197 Å². The minimum Gasteiger partial charge on any atom is -0.497 e. The summed E-state index contributed by atoms with van der Waals surface area (Å²) >= 11 is 0. The fourth-order valence-corrected chi connectivity index (χ4v) is 4.28. The Morgan fingerprint density at radius 2 is 1.94 bits per heavy atom. The van der Waals surface area contributed by atoms with E-state index in [1.54, 1.807) is 24.1 Å². The van der Waals surface area contributed by atoms with Crippen LogP contribution >= 0.6 is 0 Å². The first-order valence-corrected chi connectivity index (χ1v) is 11.1. The lowest BCUT2D eigenvalue weighted by molar-refractivity contribution is 0.145. The molecular formula is C26H25FN4O3. The average molecular weight is 461 g/mol. The van der Waals surface area contributed by atoms with Gasteiger partial charge in [0.15, 0.2) is 5.75 Å². The monoisotopic (exact) mass is 460 g/mol. The number of fused-ring (bicyclic) bond motifs is 2. The van der Waals surface area contributed by atoms with Gasteiger partial charge in [-0.1, -0.05) is 18.2 Å². The summed E-state index contributed by atoms with van der Waals surface area (Å²) in [5.74, 6) is 2.44. The van der Waals surface area contributed by atoms with Crippen molar-refractivity contribution in [1.29, 1.82) is 0 Å². The number of nitrogens with zero attached hydrogens (tertiary/aromatic N) is 3. The third-order valence-corrected chi connectivity index (χ3v) is 6.00. The van der Waals surface area contributed by atoms with Crippen LogP contribution in [-0.2, 0) is 0 Å². The van der Waals surface area contributed by atoms with E-state index >= 15 is 0 Å². The highest BCUT2D eigenvalue weighted by atomic mass is 19.1. The van der Waals surface area contributed by atoms with E-state index in [9.17, 15) is 9.18 Å². The van der Waals surface area contributed by atoms with Gasteiger partial charge in [0.1, 0.15) is 28.8 Å². The van der Waals surface area contributed by atoms with Gasteiger partial charge in [-0.25, -0.2) is 14.2 Å². The zero-order valence-electron chi connectivity index (χ0n) is 19.0. The van der Waals surface area contributed by atoms with Crippen LogP contribution in [0.2, 0.25) is 0 Å². The number of amides is 2. The van der Waals surface area contributed by atoms with Crippen molar-refractivity contribution in [3.63, 3.8) is 0 Å². The number of benzene rings is 3. The number of hydrogen-bond donors (Lipinski definition) is 1. The number of amidine groups is 1. The zero-order valence-corrected chi connectivity index (χ0v) is 19.0. The number of carbonyl (C=O) groups is 1. The van der Waals surface area contributed by atoms with Gasteiger partial charge in [0.05, 0.1) is 12.7 Å². The molecule has 34 heavy (non-hydrogen) atoms. The molecule has 1 N–H and O–H groups in total. The summed E-state index contributed by atoms with van der Waals surface area (Å²) in [6, 6.07) is 18.9. The van der Waals surface area contributed by atoms with Gasteiger partial charge in [-0.15, -0.1) is 0 Å². The van der Waals surface area contributed by atoms with Crippen LogP contribution in [0.25, 0.3) is 0 Å². The molecular weight excluding hydrogens is 435 g/mol. The first kappa shape index (κ1) is 21.8. The fraction of sp³-hybridized carbons (Fsp3) is 0.231. The molecule has 2 heterocycles. The second-order valence-corrected chi connectivity index (χ2v) is 8.30. The minimum absolute atomic E-state index is 0.0916. The molecule has 1 fully saturated rings. The predicted molar refractivity (Wildman–Crippen MR) is 129 cm³/mol. The largest absolute Gasteiger partial charge is 0.497 e. The molecule has 0 bridgehead atoms. The van der Waals surface area contributed by atoms with Gasteiger partial charge in [0, 0.05) is 37.4 Å². The van der Waals surface area contributed by atoms with Crippen molar-refractivity contribution in [2.24, 2.45) is 4.99 Å². The topological polar surface area (TPSA) is 66.4 Å². The highest BCUT2D eigenvalue weighted by Gasteiger charge is 2.31. The molecule has 0 aliphatic carbocycles. The maximum Gasteiger partial charge on any atom is 0.322 e. The van der Waals surface area contributed by atoms with Crippen LogP contribution in [0, 0.1) is 5.82 Å². The summed E-state index contributed by atoms with van der Waals surface area (Å²) in [4.78, 5) is 21.8. The van der Waals surface area contributed by atoms with E-state index in [-0.39, 0.29) is 17.9 Å². The molecule has 3 aromatic carbocycles. The number of methoxy groups -OCH3 is 1. The van der Waals surface area contributed by atoms with Gasteiger partial charge in [-0.3, -0.25) is 0 Å². The summed E-state index contributed by atoms with van der Waals surface area (Å²) in [6.45, 7) is 3.67. The molecule has 2 aliphatic heterocycles. The Morgan fingerprint density at radius 1 is 1.09 bits per heavy atom. The maximum absolute atomic E-state index is 13.5. The Balaban J connectivity index is 1.40. The number of aliphatic imine (C=N–C) groups is 1. The quantitative estimate of drug-likeness (QED) is 0.567. The molecule has 8 heteroatoms. The first-order chi connectivity index (χ1) is 16.5. The van der Waals surface area contributed by atoms with Crippen molar-refractivity contribution in [2.75, 3.05) is 32.1 Å². The highest BCUT2D eigenvalue weighted by molar-refractivity contribution is 6.04. The van der Waals surface area contributed by atoms with Gasteiger partial charge in [-0.05, 0) is 49.4 Å². The average Bonchev–Trinajstić information content (AvgIpc) is 3.00. The number of carbonyl (C=O) groups excluding carboxylic acids is 1. The molecule has 2 aliphatic rings. The number of rotatable bonds is 2. The summed E-state index contributed by atoms with van der Waals surface area (Å²) < 4.78 is 25.1. The highest BCUT2D eigenvalue weighted by Crippen LogP contribution is 2.39. The molecule has 1 saturated heterocycles. The van der Waals surface area contributed by atoms with Crippen molar-refractivity contribution in [2.45, 2.75) is 13.0 Å². The van der Waals surface area contributed by atoms with Gasteiger partial charge in [0.25, 0.3) is 0 Å². The number of halogens is 1. The second kappa shape index (κ2) is 9.05. The molecule has 7 nitrogen and oxygen atoms in total. The molecule has 1 atom stereocenters. The van der Waals surface area contributed by atoms with E-state index in [0.29, 0.717) is 42.6 Å². The van der Waals surface area contributed by atoms with Crippen LogP contribution < -0.4 is 14.8 Å². The summed E-state index contributed by atoms with van der Waals surface area (Å²) in [5.41, 5.74) is 2.04. The number of anilines is 1. The molecule has 0 unspecified atom stereocenters. The number of hydrogen-bond acceptors (Lipinski definition) is 5. The van der Waals surface area contributed by atoms with Gasteiger partial charge < -0.3 is 24.6 Å². The van der Waals surface area contributed by atoms with E-state index in [2.05, 4.69) is 10.2 Å². The molecule has 3 aromatic rings. The molecule has 2 amide bonds. The van der Waals surface area contributed by atoms with E-state index < -0.39 is 0 Å². The van der Waals surface area contributed by atoms with Crippen molar-refractivity contribution in [3.05, 3.63) is 78.1 Å². The number of nitrogens with one attached hydrogen (secondary N) is 1. The van der Waals surface area contributed by atoms with Crippen LogP contribution in [-0.4, -0.2) is 54.5 Å². The van der Waals surface area contributed by atoms with E-state index in [1.165, 1.54) is 12.1 Å². The second-order valence-electron chi connectivity index (χ2n) is 8.30.